The number of hydrogen-bond acceptors (Lipinski definition) is 3. The van der Waals surface area contributed by atoms with Crippen molar-refractivity contribution in [2.24, 2.45) is 10.8 Å². The van der Waals surface area contributed by atoms with Gasteiger partial charge >= 0.3 is 11.9 Å². The molecule has 0 radical (unpaired) electrons. The average Bonchev–Trinajstić information content (AvgIpc) is 2.52. The molecular weight excluding hydrogens is 352 g/mol. The molecule has 0 heterocycles. The van der Waals surface area contributed by atoms with Crippen LogP contribution in [0.15, 0.2) is 0 Å². The summed E-state index contributed by atoms with van der Waals surface area (Å²) < 4.78 is 0. The van der Waals surface area contributed by atoms with E-state index in [1.54, 1.807) is 0 Å². The summed E-state index contributed by atoms with van der Waals surface area (Å²) in [6, 6.07) is 0. The van der Waals surface area contributed by atoms with E-state index in [1.807, 2.05) is 0 Å². The number of carboxylic acid groups (broad SMARTS) is 2. The van der Waals surface area contributed by atoms with E-state index in [0.29, 0.717) is 18.0 Å². The SMILES string of the molecule is CC(C)(CCCNC(=S)NCCCC(C)(C)CCC(=O)O)CCC(=O)O. The Hall–Kier alpha value is -1.37. The first-order chi connectivity index (χ1) is 11.9. The Morgan fingerprint density at radius 2 is 1.12 bits per heavy atom. The van der Waals surface area contributed by atoms with Gasteiger partial charge in [-0.05, 0) is 61.6 Å². The fourth-order valence-electron chi connectivity index (χ4n) is 2.74. The highest BCUT2D eigenvalue weighted by molar-refractivity contribution is 7.80. The van der Waals surface area contributed by atoms with Gasteiger partial charge in [0.1, 0.15) is 0 Å². The second-order valence-electron chi connectivity index (χ2n) is 8.51. The predicted octanol–water partition coefficient (Wildman–Crippen LogP) is 3.79. The van der Waals surface area contributed by atoms with Crippen molar-refractivity contribution in [2.75, 3.05) is 13.1 Å². The van der Waals surface area contributed by atoms with Gasteiger partial charge in [-0.3, -0.25) is 9.59 Å². The van der Waals surface area contributed by atoms with Crippen LogP contribution in [0.25, 0.3) is 0 Å². The quantitative estimate of drug-likeness (QED) is 0.265. The lowest BCUT2D eigenvalue weighted by Gasteiger charge is -2.24. The Morgan fingerprint density at radius 3 is 1.42 bits per heavy atom. The predicted molar refractivity (Wildman–Crippen MR) is 108 cm³/mol. The maximum absolute atomic E-state index is 10.7. The summed E-state index contributed by atoms with van der Waals surface area (Å²) >= 11 is 5.26. The molecule has 0 fully saturated rings. The molecule has 0 aliphatic heterocycles. The van der Waals surface area contributed by atoms with Crippen LogP contribution in [0.3, 0.4) is 0 Å². The molecule has 0 unspecified atom stereocenters. The second-order valence-corrected chi connectivity index (χ2v) is 8.91. The number of nitrogens with one attached hydrogen (secondary N) is 2. The van der Waals surface area contributed by atoms with E-state index in [0.717, 1.165) is 38.8 Å². The molecule has 6 nitrogen and oxygen atoms in total. The van der Waals surface area contributed by atoms with Crippen LogP contribution in [0, 0.1) is 10.8 Å². The van der Waals surface area contributed by atoms with Gasteiger partial charge in [0.2, 0.25) is 0 Å². The van der Waals surface area contributed by atoms with Crippen LogP contribution < -0.4 is 10.6 Å². The van der Waals surface area contributed by atoms with Crippen LogP contribution >= 0.6 is 12.2 Å². The van der Waals surface area contributed by atoms with Crippen molar-refractivity contribution in [3.63, 3.8) is 0 Å². The highest BCUT2D eigenvalue weighted by atomic mass is 32.1. The van der Waals surface area contributed by atoms with Crippen molar-refractivity contribution in [1.29, 1.82) is 0 Å². The number of aliphatic carboxylic acids is 2. The lowest BCUT2D eigenvalue weighted by molar-refractivity contribution is -0.138. The zero-order chi connectivity index (χ0) is 20.2. The molecule has 0 rings (SSSR count). The molecular formula is C19H36N2O4S. The van der Waals surface area contributed by atoms with Crippen LogP contribution in [0.5, 0.6) is 0 Å². The number of carbonyl (C=O) groups is 2. The third-order valence-corrected chi connectivity index (χ3v) is 4.95. The normalized spacial score (nSPS) is 11.8. The van der Waals surface area contributed by atoms with Gasteiger partial charge in [-0.1, -0.05) is 27.7 Å². The summed E-state index contributed by atoms with van der Waals surface area (Å²) in [5.74, 6) is -1.49. The molecule has 0 amide bonds. The Bertz CT molecular complexity index is 424. The Labute approximate surface area is 163 Å². The molecule has 0 aromatic carbocycles. The topological polar surface area (TPSA) is 98.7 Å². The first kappa shape index (κ1) is 24.6. The van der Waals surface area contributed by atoms with Gasteiger partial charge in [0.25, 0.3) is 0 Å². The van der Waals surface area contributed by atoms with Crippen LogP contribution in [-0.4, -0.2) is 40.4 Å². The summed E-state index contributed by atoms with van der Waals surface area (Å²) in [6.07, 6.45) is 5.58. The highest BCUT2D eigenvalue weighted by Crippen LogP contribution is 2.28. The lowest BCUT2D eigenvalue weighted by atomic mass is 9.83. The number of carboxylic acids is 2. The maximum Gasteiger partial charge on any atom is 0.303 e. The molecule has 0 aliphatic carbocycles. The smallest absolute Gasteiger partial charge is 0.303 e. The third kappa shape index (κ3) is 14.9. The van der Waals surface area contributed by atoms with Crippen LogP contribution in [0.2, 0.25) is 0 Å². The van der Waals surface area contributed by atoms with Crippen LogP contribution in [-0.2, 0) is 9.59 Å². The molecule has 0 saturated heterocycles. The second kappa shape index (κ2) is 12.1. The van der Waals surface area contributed by atoms with Crippen molar-refractivity contribution in [1.82, 2.24) is 10.6 Å². The van der Waals surface area contributed by atoms with Gasteiger partial charge in [-0.2, -0.15) is 0 Å². The van der Waals surface area contributed by atoms with E-state index in [-0.39, 0.29) is 23.7 Å². The molecule has 26 heavy (non-hydrogen) atoms. The van der Waals surface area contributed by atoms with Gasteiger partial charge in [0, 0.05) is 25.9 Å². The van der Waals surface area contributed by atoms with Crippen molar-refractivity contribution in [3.8, 4) is 0 Å². The van der Waals surface area contributed by atoms with E-state index in [9.17, 15) is 9.59 Å². The molecule has 0 aromatic rings. The molecule has 0 bridgehead atoms. The Kier molecular flexibility index (Phi) is 11.5. The summed E-state index contributed by atoms with van der Waals surface area (Å²) in [4.78, 5) is 21.3. The minimum absolute atomic E-state index is 0.0245. The molecule has 0 aliphatic rings. The highest BCUT2D eigenvalue weighted by Gasteiger charge is 2.19. The molecule has 152 valence electrons. The number of hydrogen-bond donors (Lipinski definition) is 4. The fraction of sp³-hybridized carbons (Fsp3) is 0.842. The van der Waals surface area contributed by atoms with Gasteiger partial charge in [0.05, 0.1) is 0 Å². The van der Waals surface area contributed by atoms with Crippen molar-refractivity contribution >= 4 is 29.3 Å². The van der Waals surface area contributed by atoms with Gasteiger partial charge in [-0.25, -0.2) is 0 Å². The Balaban J connectivity index is 3.77. The largest absolute Gasteiger partial charge is 0.481 e. The average molecular weight is 389 g/mol. The third-order valence-electron chi connectivity index (χ3n) is 4.66. The van der Waals surface area contributed by atoms with Crippen LogP contribution in [0.1, 0.15) is 79.1 Å². The number of thiocarbonyl (C=S) groups is 1. The van der Waals surface area contributed by atoms with Crippen LogP contribution in [0.4, 0.5) is 0 Å². The lowest BCUT2D eigenvalue weighted by Crippen LogP contribution is -2.36. The summed E-state index contributed by atoms with van der Waals surface area (Å²) in [7, 11) is 0. The van der Waals surface area contributed by atoms with E-state index in [2.05, 4.69) is 38.3 Å². The van der Waals surface area contributed by atoms with Crippen molar-refractivity contribution in [3.05, 3.63) is 0 Å². The monoisotopic (exact) mass is 388 g/mol. The van der Waals surface area contributed by atoms with E-state index in [4.69, 9.17) is 22.4 Å². The zero-order valence-electron chi connectivity index (χ0n) is 16.7. The van der Waals surface area contributed by atoms with E-state index < -0.39 is 11.9 Å². The number of rotatable bonds is 14. The van der Waals surface area contributed by atoms with Gasteiger partial charge < -0.3 is 20.8 Å². The summed E-state index contributed by atoms with van der Waals surface area (Å²) in [6.45, 7) is 9.92. The summed E-state index contributed by atoms with van der Waals surface area (Å²) in [5.41, 5.74) is 0.0489. The van der Waals surface area contributed by atoms with E-state index in [1.165, 1.54) is 0 Å². The molecule has 0 atom stereocenters. The molecule has 0 saturated carbocycles. The van der Waals surface area contributed by atoms with E-state index >= 15 is 0 Å². The molecule has 4 N–H and O–H groups in total. The minimum Gasteiger partial charge on any atom is -0.481 e. The minimum atomic E-state index is -0.743. The van der Waals surface area contributed by atoms with Gasteiger partial charge in [-0.15, -0.1) is 0 Å². The van der Waals surface area contributed by atoms with Crippen molar-refractivity contribution in [2.45, 2.75) is 79.1 Å². The maximum atomic E-state index is 10.7. The fourth-order valence-corrected chi connectivity index (χ4v) is 2.94. The van der Waals surface area contributed by atoms with Gasteiger partial charge in [0.15, 0.2) is 5.11 Å². The molecule has 0 spiro atoms. The summed E-state index contributed by atoms with van der Waals surface area (Å²) in [5, 5.41) is 24.5. The zero-order valence-corrected chi connectivity index (χ0v) is 17.5. The standard InChI is InChI=1S/C19H36N2O4S/c1-18(2,11-7-15(22)23)9-5-13-20-17(26)21-14-6-10-19(3,4)12-8-16(24)25/h5-14H2,1-4H3,(H,22,23)(H,24,25)(H2,20,21,26). The Morgan fingerprint density at radius 1 is 0.769 bits per heavy atom. The van der Waals surface area contributed by atoms with Crippen molar-refractivity contribution < 1.29 is 19.8 Å². The first-order valence-corrected chi connectivity index (χ1v) is 9.80. The molecule has 7 heteroatoms. The first-order valence-electron chi connectivity index (χ1n) is 9.39. The molecule has 0 aromatic heterocycles.